The number of carbonyl (C=O) groups excluding carboxylic acids is 1. The number of benzene rings is 2. The standard InChI is InChI=1S/C24H28N2OS/c1-16(2)15-28-24-25-22(14-19-8-10-20(11-9-19)17(3)4)23(27)26(24)21-12-6-18(5)7-13-21/h6-14,16-17H,15H2,1-5H3/b22-14-. The zero-order chi connectivity index (χ0) is 20.3. The molecule has 1 aliphatic heterocycles. The zero-order valence-corrected chi connectivity index (χ0v) is 18.1. The molecule has 0 spiro atoms. The van der Waals surface area contributed by atoms with Crippen LogP contribution in [-0.2, 0) is 4.79 Å². The quantitative estimate of drug-likeness (QED) is 0.563. The Bertz CT molecular complexity index is 893. The number of aliphatic imine (C=N–C) groups is 1. The monoisotopic (exact) mass is 392 g/mol. The number of hydrogen-bond acceptors (Lipinski definition) is 3. The summed E-state index contributed by atoms with van der Waals surface area (Å²) < 4.78 is 0. The molecule has 3 rings (SSSR count). The van der Waals surface area contributed by atoms with Crippen LogP contribution in [0.3, 0.4) is 0 Å². The Balaban J connectivity index is 1.92. The average molecular weight is 393 g/mol. The number of anilines is 1. The van der Waals surface area contributed by atoms with E-state index in [1.54, 1.807) is 16.7 Å². The van der Waals surface area contributed by atoms with Crippen LogP contribution in [0, 0.1) is 12.8 Å². The molecule has 0 atom stereocenters. The molecule has 0 radical (unpaired) electrons. The number of nitrogens with zero attached hydrogens (tertiary/aromatic N) is 2. The maximum absolute atomic E-state index is 13.2. The van der Waals surface area contributed by atoms with Crippen LogP contribution < -0.4 is 4.90 Å². The number of thioether (sulfide) groups is 1. The molecular formula is C24H28N2OS. The molecule has 0 aromatic heterocycles. The van der Waals surface area contributed by atoms with E-state index in [-0.39, 0.29) is 5.91 Å². The molecule has 0 saturated carbocycles. The summed E-state index contributed by atoms with van der Waals surface area (Å²) in [6.45, 7) is 10.7. The predicted octanol–water partition coefficient (Wildman–Crippen LogP) is 6.25. The van der Waals surface area contributed by atoms with Gasteiger partial charge >= 0.3 is 0 Å². The van der Waals surface area contributed by atoms with Gasteiger partial charge in [-0.2, -0.15) is 0 Å². The number of hydrogen-bond donors (Lipinski definition) is 0. The molecular weight excluding hydrogens is 364 g/mol. The van der Waals surface area contributed by atoms with Crippen molar-refractivity contribution < 1.29 is 4.79 Å². The van der Waals surface area contributed by atoms with E-state index in [1.807, 2.05) is 37.3 Å². The summed E-state index contributed by atoms with van der Waals surface area (Å²) in [5, 5.41) is 0.757. The molecule has 1 aliphatic rings. The minimum atomic E-state index is -0.0666. The summed E-state index contributed by atoms with van der Waals surface area (Å²) in [5.74, 6) is 1.87. The van der Waals surface area contributed by atoms with Crippen LogP contribution >= 0.6 is 11.8 Å². The van der Waals surface area contributed by atoms with Crippen LogP contribution in [-0.4, -0.2) is 16.8 Å². The molecule has 0 saturated heterocycles. The van der Waals surface area contributed by atoms with Crippen molar-refractivity contribution in [1.29, 1.82) is 0 Å². The molecule has 1 amide bonds. The van der Waals surface area contributed by atoms with Gasteiger partial charge < -0.3 is 0 Å². The second-order valence-electron chi connectivity index (χ2n) is 7.93. The van der Waals surface area contributed by atoms with E-state index in [0.29, 0.717) is 17.5 Å². The zero-order valence-electron chi connectivity index (χ0n) is 17.3. The third-order valence-electron chi connectivity index (χ3n) is 4.57. The number of carbonyl (C=O) groups is 1. The lowest BCUT2D eigenvalue weighted by molar-refractivity contribution is -0.113. The van der Waals surface area contributed by atoms with Gasteiger partial charge in [0.05, 0.1) is 5.69 Å². The first-order valence-electron chi connectivity index (χ1n) is 9.79. The molecule has 1 heterocycles. The lowest BCUT2D eigenvalue weighted by Gasteiger charge is -2.18. The van der Waals surface area contributed by atoms with Crippen molar-refractivity contribution in [3.8, 4) is 0 Å². The first-order chi connectivity index (χ1) is 13.3. The Kier molecular flexibility index (Phi) is 6.40. The van der Waals surface area contributed by atoms with Gasteiger partial charge in [-0.05, 0) is 48.1 Å². The van der Waals surface area contributed by atoms with Crippen LogP contribution in [0.25, 0.3) is 6.08 Å². The Morgan fingerprint density at radius 3 is 2.21 bits per heavy atom. The fourth-order valence-electron chi connectivity index (χ4n) is 2.89. The van der Waals surface area contributed by atoms with E-state index in [0.717, 1.165) is 22.2 Å². The van der Waals surface area contributed by atoms with E-state index < -0.39 is 0 Å². The fourth-order valence-corrected chi connectivity index (χ4v) is 3.85. The van der Waals surface area contributed by atoms with Gasteiger partial charge in [0.25, 0.3) is 5.91 Å². The van der Waals surface area contributed by atoms with Crippen LogP contribution in [0.5, 0.6) is 0 Å². The number of rotatable bonds is 5. The van der Waals surface area contributed by atoms with E-state index in [2.05, 4.69) is 52.0 Å². The molecule has 0 bridgehead atoms. The van der Waals surface area contributed by atoms with Crippen LogP contribution in [0.15, 0.2) is 59.2 Å². The number of aryl methyl sites for hydroxylation is 1. The highest BCUT2D eigenvalue weighted by Crippen LogP contribution is 2.30. The van der Waals surface area contributed by atoms with Gasteiger partial charge in [0.15, 0.2) is 5.17 Å². The normalized spacial score (nSPS) is 15.8. The SMILES string of the molecule is Cc1ccc(N2C(=O)/C(=C/c3ccc(C(C)C)cc3)N=C2SCC(C)C)cc1. The fraction of sp³-hybridized carbons (Fsp3) is 0.333. The van der Waals surface area contributed by atoms with Crippen molar-refractivity contribution in [2.75, 3.05) is 10.7 Å². The Morgan fingerprint density at radius 2 is 1.64 bits per heavy atom. The van der Waals surface area contributed by atoms with Crippen molar-refractivity contribution in [1.82, 2.24) is 0 Å². The van der Waals surface area contributed by atoms with Gasteiger partial charge in [-0.1, -0.05) is 81.4 Å². The molecule has 3 nitrogen and oxygen atoms in total. The van der Waals surface area contributed by atoms with E-state index in [9.17, 15) is 4.79 Å². The number of amides is 1. The van der Waals surface area contributed by atoms with E-state index in [1.165, 1.54) is 11.1 Å². The highest BCUT2D eigenvalue weighted by molar-refractivity contribution is 8.14. The average Bonchev–Trinajstić information content (AvgIpc) is 2.97. The van der Waals surface area contributed by atoms with Gasteiger partial charge in [-0.3, -0.25) is 9.69 Å². The largest absolute Gasteiger partial charge is 0.283 e. The summed E-state index contributed by atoms with van der Waals surface area (Å²) in [6, 6.07) is 16.4. The lowest BCUT2D eigenvalue weighted by Crippen LogP contribution is -2.30. The summed E-state index contributed by atoms with van der Waals surface area (Å²) in [6.07, 6.45) is 1.89. The van der Waals surface area contributed by atoms with Gasteiger partial charge in [0.2, 0.25) is 0 Å². The topological polar surface area (TPSA) is 32.7 Å². The summed E-state index contributed by atoms with van der Waals surface area (Å²) in [7, 11) is 0. The molecule has 0 fully saturated rings. The maximum atomic E-state index is 13.2. The summed E-state index contributed by atoms with van der Waals surface area (Å²) >= 11 is 1.64. The van der Waals surface area contributed by atoms with Gasteiger partial charge in [0.1, 0.15) is 5.70 Å². The minimum absolute atomic E-state index is 0.0666. The Hall–Kier alpha value is -2.33. The first-order valence-corrected chi connectivity index (χ1v) is 10.8. The first kappa shape index (κ1) is 20.4. The lowest BCUT2D eigenvalue weighted by atomic mass is 10.0. The van der Waals surface area contributed by atoms with Gasteiger partial charge in [0, 0.05) is 5.75 Å². The Morgan fingerprint density at radius 1 is 1.00 bits per heavy atom. The van der Waals surface area contributed by atoms with Gasteiger partial charge in [-0.15, -0.1) is 0 Å². The third-order valence-corrected chi connectivity index (χ3v) is 5.94. The highest BCUT2D eigenvalue weighted by Gasteiger charge is 2.32. The summed E-state index contributed by atoms with van der Waals surface area (Å²) in [5.41, 5.74) is 4.81. The minimum Gasteiger partial charge on any atom is -0.266 e. The van der Waals surface area contributed by atoms with Crippen molar-refractivity contribution in [2.24, 2.45) is 10.9 Å². The molecule has 28 heavy (non-hydrogen) atoms. The second-order valence-corrected chi connectivity index (χ2v) is 8.91. The van der Waals surface area contributed by atoms with Crippen molar-refractivity contribution in [3.05, 3.63) is 70.9 Å². The summed E-state index contributed by atoms with van der Waals surface area (Å²) in [4.78, 5) is 19.6. The maximum Gasteiger partial charge on any atom is 0.283 e. The molecule has 2 aromatic rings. The highest BCUT2D eigenvalue weighted by atomic mass is 32.2. The van der Waals surface area contributed by atoms with Crippen molar-refractivity contribution in [3.63, 3.8) is 0 Å². The van der Waals surface area contributed by atoms with Crippen molar-refractivity contribution in [2.45, 2.75) is 40.5 Å². The second kappa shape index (κ2) is 8.78. The third kappa shape index (κ3) is 4.74. The predicted molar refractivity (Wildman–Crippen MR) is 122 cm³/mol. The van der Waals surface area contributed by atoms with Crippen LogP contribution in [0.4, 0.5) is 5.69 Å². The van der Waals surface area contributed by atoms with Crippen LogP contribution in [0.2, 0.25) is 0 Å². The molecule has 146 valence electrons. The molecule has 0 unspecified atom stereocenters. The van der Waals surface area contributed by atoms with Crippen LogP contribution in [0.1, 0.15) is 50.3 Å². The van der Waals surface area contributed by atoms with Gasteiger partial charge in [-0.25, -0.2) is 4.99 Å². The Labute approximate surface area is 172 Å². The molecule has 2 aromatic carbocycles. The smallest absolute Gasteiger partial charge is 0.266 e. The molecule has 0 aliphatic carbocycles. The van der Waals surface area contributed by atoms with E-state index >= 15 is 0 Å². The number of amidine groups is 1. The molecule has 0 N–H and O–H groups in total. The van der Waals surface area contributed by atoms with Crippen molar-refractivity contribution >= 4 is 34.6 Å². The van der Waals surface area contributed by atoms with E-state index in [4.69, 9.17) is 4.99 Å². The molecule has 4 heteroatoms.